The molecule has 0 spiro atoms. The van der Waals surface area contributed by atoms with Gasteiger partial charge < -0.3 is 0 Å². The third kappa shape index (κ3) is 4.95. The molecule has 1 aromatic heterocycles. The fraction of sp³-hybridized carbons (Fsp3) is 0.333. The second-order valence-electron chi connectivity index (χ2n) is 6.56. The van der Waals surface area contributed by atoms with Gasteiger partial charge in [0.25, 0.3) is 5.91 Å². The number of sulfone groups is 1. The highest BCUT2D eigenvalue weighted by atomic mass is 35.5. The lowest BCUT2D eigenvalue weighted by molar-refractivity contribution is -0.111. The summed E-state index contributed by atoms with van der Waals surface area (Å²) in [6, 6.07) is 5.75. The zero-order valence-corrected chi connectivity index (χ0v) is 17.1. The van der Waals surface area contributed by atoms with E-state index in [1.807, 2.05) is 0 Å². The average Bonchev–Trinajstić information content (AvgIpc) is 3.17. The molecule has 1 fully saturated rings. The molecule has 1 aliphatic rings. The fourth-order valence-electron chi connectivity index (χ4n) is 3.00. The van der Waals surface area contributed by atoms with Crippen LogP contribution in [0, 0.1) is 5.92 Å². The largest absolute Gasteiger partial charge is 0.298 e. The molecule has 1 saturated carbocycles. The molecule has 5 nitrogen and oxygen atoms in total. The number of nitrogens with zero attached hydrogens (tertiary/aromatic N) is 1. The maximum Gasteiger partial charge on any atom is 0.257 e. The van der Waals surface area contributed by atoms with Gasteiger partial charge in [-0.05, 0) is 36.5 Å². The van der Waals surface area contributed by atoms with Crippen molar-refractivity contribution in [2.75, 3.05) is 11.6 Å². The van der Waals surface area contributed by atoms with Crippen LogP contribution in [-0.2, 0) is 14.6 Å². The molecule has 1 N–H and O–H groups in total. The summed E-state index contributed by atoms with van der Waals surface area (Å²) in [5.74, 6) is -0.962. The molecular weight excluding hydrogens is 430 g/mol. The van der Waals surface area contributed by atoms with Gasteiger partial charge in [-0.2, -0.15) is 0 Å². The molecule has 1 aromatic carbocycles. The van der Waals surface area contributed by atoms with Crippen LogP contribution in [0.2, 0.25) is 4.34 Å². The van der Waals surface area contributed by atoms with E-state index in [0.29, 0.717) is 9.90 Å². The minimum absolute atomic E-state index is 0.0115. The van der Waals surface area contributed by atoms with Gasteiger partial charge in [0.15, 0.2) is 15.0 Å². The standard InChI is InChI=1S/C18H17ClF2N2O3S2/c1-28(25,26)12-4-2-11(3-5-12)13(6-10-7-14(20)15(21)8-10)17(24)23-18-22-9-16(19)27-18/h2-6,9-10,14-15H,7-8H2,1H3,(H,22,23,24)/t10?,14-,15+. The Kier molecular flexibility index (Phi) is 6.16. The van der Waals surface area contributed by atoms with Crippen molar-refractivity contribution in [3.05, 3.63) is 46.4 Å². The Morgan fingerprint density at radius 2 is 1.86 bits per heavy atom. The molecule has 0 saturated heterocycles. The second-order valence-corrected chi connectivity index (χ2v) is 10.2. The van der Waals surface area contributed by atoms with Crippen LogP contribution in [-0.4, -0.2) is 37.9 Å². The minimum atomic E-state index is -3.39. The van der Waals surface area contributed by atoms with Crippen molar-refractivity contribution < 1.29 is 22.0 Å². The molecular formula is C18H17ClF2N2O3S2. The van der Waals surface area contributed by atoms with Crippen LogP contribution in [0.4, 0.5) is 13.9 Å². The monoisotopic (exact) mass is 446 g/mol. The predicted molar refractivity (Wildman–Crippen MR) is 106 cm³/mol. The molecule has 3 rings (SSSR count). The number of amides is 1. The lowest BCUT2D eigenvalue weighted by atomic mass is 9.98. The quantitative estimate of drug-likeness (QED) is 0.694. The lowest BCUT2D eigenvalue weighted by Crippen LogP contribution is -2.14. The number of rotatable bonds is 5. The minimum Gasteiger partial charge on any atom is -0.298 e. The van der Waals surface area contributed by atoms with E-state index in [4.69, 9.17) is 11.6 Å². The number of carbonyl (C=O) groups excluding carboxylic acids is 1. The highest BCUT2D eigenvalue weighted by molar-refractivity contribution is 7.90. The van der Waals surface area contributed by atoms with Crippen molar-refractivity contribution in [3.8, 4) is 0 Å². The first kappa shape index (κ1) is 20.9. The first-order valence-corrected chi connectivity index (χ1v) is 11.4. The van der Waals surface area contributed by atoms with Gasteiger partial charge in [0.05, 0.1) is 11.1 Å². The van der Waals surface area contributed by atoms with Crippen LogP contribution in [0.25, 0.3) is 5.57 Å². The average molecular weight is 447 g/mol. The molecule has 1 amide bonds. The topological polar surface area (TPSA) is 76.1 Å². The molecule has 3 atom stereocenters. The molecule has 0 bridgehead atoms. The number of halogens is 3. The molecule has 1 unspecified atom stereocenters. The summed E-state index contributed by atoms with van der Waals surface area (Å²) < 4.78 is 50.8. The zero-order chi connectivity index (χ0) is 20.5. The van der Waals surface area contributed by atoms with Gasteiger partial charge in [0.2, 0.25) is 0 Å². The Morgan fingerprint density at radius 3 is 2.36 bits per heavy atom. The molecule has 150 valence electrons. The van der Waals surface area contributed by atoms with Crippen LogP contribution in [0.5, 0.6) is 0 Å². The molecule has 28 heavy (non-hydrogen) atoms. The summed E-state index contributed by atoms with van der Waals surface area (Å²) in [5, 5.41) is 2.90. The summed E-state index contributed by atoms with van der Waals surface area (Å²) in [7, 11) is -3.39. The van der Waals surface area contributed by atoms with Gasteiger partial charge in [-0.15, -0.1) is 0 Å². The maximum atomic E-state index is 13.6. The van der Waals surface area contributed by atoms with Crippen molar-refractivity contribution in [3.63, 3.8) is 0 Å². The van der Waals surface area contributed by atoms with Crippen LogP contribution in [0.15, 0.2) is 41.4 Å². The van der Waals surface area contributed by atoms with Gasteiger partial charge in [-0.25, -0.2) is 22.2 Å². The molecule has 1 aliphatic carbocycles. The Bertz CT molecular complexity index is 996. The Hall–Kier alpha value is -1.84. The van der Waals surface area contributed by atoms with E-state index in [0.717, 1.165) is 17.6 Å². The van der Waals surface area contributed by atoms with E-state index in [1.54, 1.807) is 0 Å². The van der Waals surface area contributed by atoms with Crippen LogP contribution in [0.1, 0.15) is 18.4 Å². The van der Waals surface area contributed by atoms with E-state index < -0.39 is 34.0 Å². The van der Waals surface area contributed by atoms with E-state index >= 15 is 0 Å². The number of thiazole rings is 1. The number of allylic oxidation sites excluding steroid dienone is 1. The van der Waals surface area contributed by atoms with Crippen molar-refractivity contribution >= 4 is 49.4 Å². The number of carbonyl (C=O) groups is 1. The predicted octanol–water partition coefficient (Wildman–Crippen LogP) is 4.31. The number of alkyl halides is 2. The molecule has 10 heteroatoms. The Balaban J connectivity index is 1.93. The van der Waals surface area contributed by atoms with Gasteiger partial charge >= 0.3 is 0 Å². The summed E-state index contributed by atoms with van der Waals surface area (Å²) in [5.41, 5.74) is 0.628. The van der Waals surface area contributed by atoms with Gasteiger partial charge in [-0.3, -0.25) is 10.1 Å². The van der Waals surface area contributed by atoms with Crippen molar-refractivity contribution in [1.82, 2.24) is 4.98 Å². The first-order valence-electron chi connectivity index (χ1n) is 8.36. The van der Waals surface area contributed by atoms with E-state index in [1.165, 1.54) is 36.5 Å². The van der Waals surface area contributed by atoms with Crippen LogP contribution in [0.3, 0.4) is 0 Å². The number of hydrogen-bond acceptors (Lipinski definition) is 5. The zero-order valence-electron chi connectivity index (χ0n) is 14.7. The number of nitrogens with one attached hydrogen (secondary N) is 1. The SMILES string of the molecule is CS(=O)(=O)c1ccc(C(=CC2C[C@@H](F)[C@@H](F)C2)C(=O)Nc2ncc(Cl)s2)cc1. The van der Waals surface area contributed by atoms with Gasteiger partial charge in [-0.1, -0.05) is 41.1 Å². The normalized spacial score (nSPS) is 23.0. The third-order valence-electron chi connectivity index (χ3n) is 4.39. The maximum absolute atomic E-state index is 13.6. The van der Waals surface area contributed by atoms with Gasteiger partial charge in [0, 0.05) is 11.8 Å². The van der Waals surface area contributed by atoms with Crippen molar-refractivity contribution in [2.24, 2.45) is 5.92 Å². The summed E-state index contributed by atoms with van der Waals surface area (Å²) in [6.45, 7) is 0. The van der Waals surface area contributed by atoms with Crippen LogP contribution < -0.4 is 5.32 Å². The van der Waals surface area contributed by atoms with E-state index in [2.05, 4.69) is 10.3 Å². The first-order chi connectivity index (χ1) is 13.1. The van der Waals surface area contributed by atoms with Crippen LogP contribution >= 0.6 is 22.9 Å². The van der Waals surface area contributed by atoms with Crippen molar-refractivity contribution in [1.29, 1.82) is 0 Å². The van der Waals surface area contributed by atoms with E-state index in [-0.39, 0.29) is 28.4 Å². The van der Waals surface area contributed by atoms with Gasteiger partial charge in [0.1, 0.15) is 16.7 Å². The fourth-order valence-corrected chi connectivity index (χ4v) is 4.44. The summed E-state index contributed by atoms with van der Waals surface area (Å²) in [4.78, 5) is 16.9. The number of aromatic nitrogens is 1. The van der Waals surface area contributed by atoms with Crippen molar-refractivity contribution in [2.45, 2.75) is 30.1 Å². The highest BCUT2D eigenvalue weighted by Crippen LogP contribution is 2.34. The molecule has 1 heterocycles. The molecule has 0 aliphatic heterocycles. The smallest absolute Gasteiger partial charge is 0.257 e. The Labute approximate surface area is 170 Å². The van der Waals surface area contributed by atoms with E-state index in [9.17, 15) is 22.0 Å². The number of benzene rings is 1. The second kappa shape index (κ2) is 8.26. The summed E-state index contributed by atoms with van der Waals surface area (Å²) in [6.07, 6.45) is 0.868. The molecule has 2 aromatic rings. The summed E-state index contributed by atoms with van der Waals surface area (Å²) >= 11 is 6.89. The lowest BCUT2D eigenvalue weighted by Gasteiger charge is -2.11. The Morgan fingerprint density at radius 1 is 1.25 bits per heavy atom. The number of anilines is 1. The highest BCUT2D eigenvalue weighted by Gasteiger charge is 2.34. The third-order valence-corrected chi connectivity index (χ3v) is 6.55. The molecule has 0 radical (unpaired) electrons. The number of hydrogen-bond donors (Lipinski definition) is 1.